The molecule has 2 atom stereocenters. The zero-order chi connectivity index (χ0) is 15.7. The van der Waals surface area contributed by atoms with Crippen LogP contribution in [-0.4, -0.2) is 51.6 Å². The highest BCUT2D eigenvalue weighted by molar-refractivity contribution is 6.34. The molecule has 1 saturated heterocycles. The average Bonchev–Trinajstić information content (AvgIpc) is 2.50. The Morgan fingerprint density at radius 2 is 2.05 bits per heavy atom. The average molecular weight is 325 g/mol. The first-order valence-corrected chi connectivity index (χ1v) is 7.22. The number of alkyl halides is 1. The Hall–Kier alpha value is -2.15. The number of piperidine rings is 1. The van der Waals surface area contributed by atoms with Gasteiger partial charge in [0.15, 0.2) is 11.0 Å². The summed E-state index contributed by atoms with van der Waals surface area (Å²) in [6, 6.07) is 6.97. The third-order valence-corrected chi connectivity index (χ3v) is 3.93. The van der Waals surface area contributed by atoms with Crippen LogP contribution in [0.15, 0.2) is 24.3 Å². The predicted molar refractivity (Wildman–Crippen MR) is 81.1 cm³/mol. The first-order chi connectivity index (χ1) is 10.5. The lowest BCUT2D eigenvalue weighted by atomic mass is 10.0. The normalized spacial score (nSPS) is 21.8. The number of fused-ring (bicyclic) bond motifs is 1. The lowest BCUT2D eigenvalue weighted by Crippen LogP contribution is -2.49. The number of nitrogens with zero attached hydrogens (tertiary/aromatic N) is 3. The minimum Gasteiger partial charge on any atom is -0.465 e. The molecular weight excluding hydrogens is 311 g/mol. The molecule has 116 valence electrons. The third-order valence-electron chi connectivity index (χ3n) is 3.65. The van der Waals surface area contributed by atoms with Gasteiger partial charge in [-0.3, -0.25) is 0 Å². The molecule has 8 heteroatoms. The summed E-state index contributed by atoms with van der Waals surface area (Å²) in [6.45, 7) is 0.106. The Morgan fingerprint density at radius 1 is 1.32 bits per heavy atom. The first-order valence-electron chi connectivity index (χ1n) is 6.84. The summed E-state index contributed by atoms with van der Waals surface area (Å²) in [6.07, 6.45) is -2.10. The number of nitrogens with one attached hydrogen (secondary N) is 1. The van der Waals surface area contributed by atoms with Gasteiger partial charge in [-0.2, -0.15) is 0 Å². The molecule has 1 aromatic heterocycles. The van der Waals surface area contributed by atoms with Crippen molar-refractivity contribution in [1.29, 1.82) is 0 Å². The van der Waals surface area contributed by atoms with Gasteiger partial charge in [0.25, 0.3) is 0 Å². The summed E-state index contributed by atoms with van der Waals surface area (Å²) in [5, 5.41) is 21.8. The second-order valence-corrected chi connectivity index (χ2v) is 5.60. The van der Waals surface area contributed by atoms with Crippen LogP contribution in [0.2, 0.25) is 5.15 Å². The number of likely N-dealkylation sites (tertiary alicyclic amines) is 1. The van der Waals surface area contributed by atoms with E-state index >= 15 is 0 Å². The van der Waals surface area contributed by atoms with Gasteiger partial charge >= 0.3 is 6.09 Å². The number of anilines is 1. The van der Waals surface area contributed by atoms with Crippen molar-refractivity contribution >= 4 is 34.3 Å². The molecule has 0 bridgehead atoms. The molecule has 0 unspecified atom stereocenters. The van der Waals surface area contributed by atoms with E-state index in [-0.39, 0.29) is 25.6 Å². The summed E-state index contributed by atoms with van der Waals surface area (Å²) >= 11 is 6.01. The number of halogens is 2. The number of carbonyl (C=O) groups is 1. The first kappa shape index (κ1) is 14.8. The van der Waals surface area contributed by atoms with Crippen LogP contribution >= 0.6 is 11.6 Å². The summed E-state index contributed by atoms with van der Waals surface area (Å²) < 4.78 is 13.7. The van der Waals surface area contributed by atoms with Gasteiger partial charge in [0.1, 0.15) is 6.17 Å². The number of hydrogen-bond acceptors (Lipinski definition) is 4. The quantitative estimate of drug-likeness (QED) is 0.888. The standard InChI is InChI=1S/C14H14ClFN4O2/c15-12-10-3-1-2-4-11(10)13(19-18-12)17-9-5-8(16)6-20(7-9)14(21)22/h1-4,8-9H,5-7H2,(H,17,19)(H,21,22)/t8-,9+/m0/s1. The molecule has 1 fully saturated rings. The van der Waals surface area contributed by atoms with E-state index in [1.54, 1.807) is 0 Å². The minimum absolute atomic E-state index is 0.0967. The summed E-state index contributed by atoms with van der Waals surface area (Å²) in [5.74, 6) is 0.476. The Morgan fingerprint density at radius 3 is 2.77 bits per heavy atom. The second-order valence-electron chi connectivity index (χ2n) is 5.25. The maximum atomic E-state index is 13.7. The Labute approximate surface area is 130 Å². The number of carboxylic acid groups (broad SMARTS) is 1. The Kier molecular flexibility index (Phi) is 3.98. The van der Waals surface area contributed by atoms with Crippen LogP contribution < -0.4 is 5.32 Å². The van der Waals surface area contributed by atoms with Crippen molar-refractivity contribution in [2.75, 3.05) is 18.4 Å². The van der Waals surface area contributed by atoms with Gasteiger partial charge in [-0.25, -0.2) is 9.18 Å². The lowest BCUT2D eigenvalue weighted by Gasteiger charge is -2.33. The van der Waals surface area contributed by atoms with Gasteiger partial charge in [-0.1, -0.05) is 35.9 Å². The monoisotopic (exact) mass is 324 g/mol. The Bertz CT molecular complexity index is 714. The fourth-order valence-electron chi connectivity index (χ4n) is 2.67. The second kappa shape index (κ2) is 5.92. The zero-order valence-corrected chi connectivity index (χ0v) is 12.3. The summed E-state index contributed by atoms with van der Waals surface area (Å²) in [5.41, 5.74) is 0. The van der Waals surface area contributed by atoms with Crippen molar-refractivity contribution < 1.29 is 14.3 Å². The van der Waals surface area contributed by atoms with E-state index in [4.69, 9.17) is 16.7 Å². The van der Waals surface area contributed by atoms with E-state index < -0.39 is 12.3 Å². The number of aromatic nitrogens is 2. The molecule has 1 amide bonds. The molecule has 3 rings (SSSR count). The van der Waals surface area contributed by atoms with E-state index in [0.29, 0.717) is 11.0 Å². The molecule has 2 heterocycles. The van der Waals surface area contributed by atoms with E-state index in [0.717, 1.165) is 15.7 Å². The molecule has 22 heavy (non-hydrogen) atoms. The molecule has 1 aliphatic heterocycles. The van der Waals surface area contributed by atoms with Gasteiger partial charge in [0, 0.05) is 29.8 Å². The molecule has 2 N–H and O–H groups in total. The molecule has 0 aliphatic carbocycles. The van der Waals surface area contributed by atoms with Crippen molar-refractivity contribution in [2.45, 2.75) is 18.6 Å². The smallest absolute Gasteiger partial charge is 0.407 e. The van der Waals surface area contributed by atoms with Gasteiger partial charge in [0.2, 0.25) is 0 Å². The topological polar surface area (TPSA) is 78.4 Å². The SMILES string of the molecule is O=C(O)N1C[C@@H](F)C[C@@H](Nc2nnc(Cl)c3ccccc23)C1. The van der Waals surface area contributed by atoms with Crippen molar-refractivity contribution in [3.8, 4) is 0 Å². The van der Waals surface area contributed by atoms with Crippen molar-refractivity contribution in [3.63, 3.8) is 0 Å². The number of amides is 1. The van der Waals surface area contributed by atoms with Crippen molar-refractivity contribution in [2.24, 2.45) is 0 Å². The van der Waals surface area contributed by atoms with E-state index in [2.05, 4.69) is 15.5 Å². The van der Waals surface area contributed by atoms with Crippen LogP contribution in [0.3, 0.4) is 0 Å². The largest absolute Gasteiger partial charge is 0.465 e. The predicted octanol–water partition coefficient (Wildman–Crippen LogP) is 2.79. The van der Waals surface area contributed by atoms with Crippen LogP contribution in [0, 0.1) is 0 Å². The van der Waals surface area contributed by atoms with Gasteiger partial charge in [0.05, 0.1) is 6.54 Å². The molecule has 0 saturated carbocycles. The van der Waals surface area contributed by atoms with E-state index in [1.165, 1.54) is 0 Å². The maximum Gasteiger partial charge on any atom is 0.407 e. The fraction of sp³-hybridized carbons (Fsp3) is 0.357. The highest BCUT2D eigenvalue weighted by Gasteiger charge is 2.30. The zero-order valence-electron chi connectivity index (χ0n) is 11.5. The molecular formula is C14H14ClFN4O2. The van der Waals surface area contributed by atoms with Crippen LogP contribution in [0.1, 0.15) is 6.42 Å². The van der Waals surface area contributed by atoms with Crippen LogP contribution in [0.25, 0.3) is 10.8 Å². The van der Waals surface area contributed by atoms with Crippen molar-refractivity contribution in [3.05, 3.63) is 29.4 Å². The van der Waals surface area contributed by atoms with Gasteiger partial charge in [-0.05, 0) is 0 Å². The minimum atomic E-state index is -1.20. The number of hydrogen-bond donors (Lipinski definition) is 2. The highest BCUT2D eigenvalue weighted by Crippen LogP contribution is 2.27. The maximum absolute atomic E-state index is 13.7. The van der Waals surface area contributed by atoms with Crippen LogP contribution in [-0.2, 0) is 0 Å². The molecule has 1 aromatic carbocycles. The molecule has 2 aromatic rings. The summed E-state index contributed by atoms with van der Waals surface area (Å²) in [7, 11) is 0. The third kappa shape index (κ3) is 2.89. The number of benzene rings is 1. The van der Waals surface area contributed by atoms with E-state index in [1.807, 2.05) is 24.3 Å². The number of rotatable bonds is 2. The fourth-order valence-corrected chi connectivity index (χ4v) is 2.87. The highest BCUT2D eigenvalue weighted by atomic mass is 35.5. The van der Waals surface area contributed by atoms with E-state index in [9.17, 15) is 9.18 Å². The molecule has 6 nitrogen and oxygen atoms in total. The van der Waals surface area contributed by atoms with Crippen LogP contribution in [0.4, 0.5) is 15.0 Å². The molecule has 0 radical (unpaired) electrons. The van der Waals surface area contributed by atoms with Crippen molar-refractivity contribution in [1.82, 2.24) is 15.1 Å². The molecule has 0 spiro atoms. The summed E-state index contributed by atoms with van der Waals surface area (Å²) in [4.78, 5) is 12.1. The van der Waals surface area contributed by atoms with Gasteiger partial charge < -0.3 is 15.3 Å². The van der Waals surface area contributed by atoms with Gasteiger partial charge in [-0.15, -0.1) is 10.2 Å². The molecule has 1 aliphatic rings. The Balaban J connectivity index is 1.87. The lowest BCUT2D eigenvalue weighted by molar-refractivity contribution is 0.102. The van der Waals surface area contributed by atoms with Crippen LogP contribution in [0.5, 0.6) is 0 Å².